The summed E-state index contributed by atoms with van der Waals surface area (Å²) in [7, 11) is 0. The van der Waals surface area contributed by atoms with Gasteiger partial charge in [0.25, 0.3) is 0 Å². The van der Waals surface area contributed by atoms with Gasteiger partial charge in [-0.3, -0.25) is 4.40 Å². The van der Waals surface area contributed by atoms with Crippen LogP contribution in [0, 0.1) is 13.8 Å². The summed E-state index contributed by atoms with van der Waals surface area (Å²) >= 11 is 1.67. The average molecular weight is 268 g/mol. The largest absolute Gasteiger partial charge is 0.448 e. The van der Waals surface area contributed by atoms with Crippen LogP contribution in [-0.2, 0) is 11.3 Å². The van der Waals surface area contributed by atoms with Gasteiger partial charge >= 0.3 is 6.09 Å². The lowest BCUT2D eigenvalue weighted by molar-refractivity contribution is 0.157. The lowest BCUT2D eigenvalue weighted by atomic mass is 10.3. The molecule has 6 nitrogen and oxygen atoms in total. The minimum atomic E-state index is -0.742. The van der Waals surface area contributed by atoms with Gasteiger partial charge in [-0.25, -0.2) is 9.78 Å². The van der Waals surface area contributed by atoms with E-state index in [9.17, 15) is 4.79 Å². The van der Waals surface area contributed by atoms with Crippen molar-refractivity contribution in [3.8, 4) is 0 Å². The maximum atomic E-state index is 10.4. The van der Waals surface area contributed by atoms with Crippen LogP contribution < -0.4 is 11.1 Å². The van der Waals surface area contributed by atoms with Crippen molar-refractivity contribution in [1.82, 2.24) is 14.7 Å². The van der Waals surface area contributed by atoms with Crippen LogP contribution >= 0.6 is 11.3 Å². The van der Waals surface area contributed by atoms with Gasteiger partial charge in [0.1, 0.15) is 6.61 Å². The Morgan fingerprint density at radius 1 is 1.61 bits per heavy atom. The van der Waals surface area contributed by atoms with Gasteiger partial charge in [0.15, 0.2) is 4.96 Å². The molecule has 0 bridgehead atoms. The Bertz CT molecular complexity index is 561. The molecule has 0 aromatic carbocycles. The number of hydrogen-bond acceptors (Lipinski definition) is 5. The first kappa shape index (κ1) is 12.8. The van der Waals surface area contributed by atoms with Crippen LogP contribution in [0.3, 0.4) is 0 Å². The third-order valence-electron chi connectivity index (χ3n) is 2.56. The number of primary amides is 1. The molecule has 0 radical (unpaired) electrons. The molecule has 0 fully saturated rings. The summed E-state index contributed by atoms with van der Waals surface area (Å²) in [6.45, 7) is 5.58. The zero-order chi connectivity index (χ0) is 13.1. The third kappa shape index (κ3) is 2.80. The molecule has 0 aliphatic heterocycles. The van der Waals surface area contributed by atoms with E-state index in [0.717, 1.165) is 16.3 Å². The number of fused-ring (bicyclic) bond motifs is 1. The molecule has 2 aromatic heterocycles. The van der Waals surface area contributed by atoms with Gasteiger partial charge < -0.3 is 15.8 Å². The number of carbonyl (C=O) groups excluding carboxylic acids is 1. The average Bonchev–Trinajstić information content (AvgIpc) is 2.75. The molecule has 0 aliphatic rings. The number of nitrogens with two attached hydrogens (primary N) is 1. The quantitative estimate of drug-likeness (QED) is 0.798. The summed E-state index contributed by atoms with van der Waals surface area (Å²) in [6.07, 6.45) is 1.34. The van der Waals surface area contributed by atoms with Crippen molar-refractivity contribution in [2.45, 2.75) is 20.4 Å². The van der Waals surface area contributed by atoms with E-state index < -0.39 is 6.09 Å². The van der Waals surface area contributed by atoms with E-state index in [1.54, 1.807) is 11.3 Å². The van der Waals surface area contributed by atoms with Crippen molar-refractivity contribution in [2.75, 3.05) is 13.2 Å². The van der Waals surface area contributed by atoms with Crippen LogP contribution in [0.15, 0.2) is 6.20 Å². The number of amides is 1. The molecule has 2 aromatic rings. The molecule has 0 aliphatic carbocycles. The highest BCUT2D eigenvalue weighted by atomic mass is 32.1. The number of ether oxygens (including phenoxy) is 1. The lowest BCUT2D eigenvalue weighted by Gasteiger charge is -2.05. The van der Waals surface area contributed by atoms with Crippen LogP contribution in [0.2, 0.25) is 0 Å². The zero-order valence-corrected chi connectivity index (χ0v) is 11.2. The number of aryl methyl sites for hydroxylation is 2. The molecule has 0 saturated heterocycles. The van der Waals surface area contributed by atoms with E-state index >= 15 is 0 Å². The minimum Gasteiger partial charge on any atom is -0.448 e. The maximum Gasteiger partial charge on any atom is 0.404 e. The normalized spacial score (nSPS) is 11.0. The standard InChI is InChI=1S/C11H16N4O2S/c1-7-6-15-9(8(2)14-11(15)18-7)5-13-3-4-17-10(12)16/h6,13H,3-5H2,1-2H3,(H2,12,16). The second-order valence-electron chi connectivity index (χ2n) is 3.98. The second-order valence-corrected chi connectivity index (χ2v) is 5.20. The van der Waals surface area contributed by atoms with E-state index in [2.05, 4.69) is 32.6 Å². The predicted octanol–water partition coefficient (Wildman–Crippen LogP) is 1.20. The summed E-state index contributed by atoms with van der Waals surface area (Å²) in [5.74, 6) is 0. The van der Waals surface area contributed by atoms with Crippen LogP contribution in [-0.4, -0.2) is 28.6 Å². The van der Waals surface area contributed by atoms with E-state index in [1.807, 2.05) is 6.92 Å². The fourth-order valence-electron chi connectivity index (χ4n) is 1.75. The number of thiazole rings is 1. The van der Waals surface area contributed by atoms with Crippen molar-refractivity contribution in [1.29, 1.82) is 0 Å². The first-order chi connectivity index (χ1) is 8.58. The van der Waals surface area contributed by atoms with Crippen LogP contribution in [0.5, 0.6) is 0 Å². The lowest BCUT2D eigenvalue weighted by Crippen LogP contribution is -2.24. The van der Waals surface area contributed by atoms with E-state index in [4.69, 9.17) is 5.73 Å². The van der Waals surface area contributed by atoms with Gasteiger partial charge in [-0.05, 0) is 13.8 Å². The van der Waals surface area contributed by atoms with Crippen molar-refractivity contribution in [3.05, 3.63) is 22.5 Å². The Hall–Kier alpha value is -1.60. The highest BCUT2D eigenvalue weighted by molar-refractivity contribution is 7.17. The summed E-state index contributed by atoms with van der Waals surface area (Å²) in [5, 5.41) is 3.20. The van der Waals surface area contributed by atoms with Crippen molar-refractivity contribution in [3.63, 3.8) is 0 Å². The Morgan fingerprint density at radius 2 is 2.39 bits per heavy atom. The molecule has 2 rings (SSSR count). The highest BCUT2D eigenvalue weighted by Crippen LogP contribution is 2.20. The number of imidazole rings is 1. The maximum absolute atomic E-state index is 10.4. The smallest absolute Gasteiger partial charge is 0.404 e. The van der Waals surface area contributed by atoms with Crippen LogP contribution in [0.4, 0.5) is 4.79 Å². The van der Waals surface area contributed by atoms with Crippen molar-refractivity contribution >= 4 is 22.4 Å². The molecule has 1 amide bonds. The molecule has 0 atom stereocenters. The fourth-order valence-corrected chi connectivity index (χ4v) is 2.64. The summed E-state index contributed by atoms with van der Waals surface area (Å²) in [5.41, 5.74) is 7.02. The predicted molar refractivity (Wildman–Crippen MR) is 69.8 cm³/mol. The summed E-state index contributed by atoms with van der Waals surface area (Å²) in [6, 6.07) is 0. The molecule has 7 heteroatoms. The first-order valence-corrected chi connectivity index (χ1v) is 6.46. The Kier molecular flexibility index (Phi) is 3.83. The molecule has 0 saturated carbocycles. The topological polar surface area (TPSA) is 81.6 Å². The molecular weight excluding hydrogens is 252 g/mol. The van der Waals surface area contributed by atoms with Gasteiger partial charge in [-0.15, -0.1) is 11.3 Å². The molecule has 18 heavy (non-hydrogen) atoms. The van der Waals surface area contributed by atoms with Crippen LogP contribution in [0.25, 0.3) is 4.96 Å². The highest BCUT2D eigenvalue weighted by Gasteiger charge is 2.10. The van der Waals surface area contributed by atoms with Crippen LogP contribution in [0.1, 0.15) is 16.3 Å². The number of nitrogens with one attached hydrogen (secondary N) is 1. The molecule has 2 heterocycles. The van der Waals surface area contributed by atoms with E-state index in [-0.39, 0.29) is 6.61 Å². The number of rotatable bonds is 5. The van der Waals surface area contributed by atoms with Crippen molar-refractivity contribution < 1.29 is 9.53 Å². The fraction of sp³-hybridized carbons (Fsp3) is 0.455. The van der Waals surface area contributed by atoms with Gasteiger partial charge in [0.2, 0.25) is 0 Å². The second kappa shape index (κ2) is 5.36. The molecular formula is C11H16N4O2S. The van der Waals surface area contributed by atoms with Gasteiger partial charge in [0, 0.05) is 24.2 Å². The Balaban J connectivity index is 1.94. The first-order valence-electron chi connectivity index (χ1n) is 5.65. The zero-order valence-electron chi connectivity index (χ0n) is 10.4. The summed E-state index contributed by atoms with van der Waals surface area (Å²) < 4.78 is 6.73. The SMILES string of the molecule is Cc1cn2c(CNCCOC(N)=O)c(C)nc2s1. The summed E-state index contributed by atoms with van der Waals surface area (Å²) in [4.78, 5) is 17.1. The van der Waals surface area contributed by atoms with Gasteiger partial charge in [0.05, 0.1) is 11.4 Å². The van der Waals surface area contributed by atoms with Gasteiger partial charge in [-0.2, -0.15) is 0 Å². The van der Waals surface area contributed by atoms with Crippen molar-refractivity contribution in [2.24, 2.45) is 5.73 Å². The Labute approximate surface area is 109 Å². The van der Waals surface area contributed by atoms with E-state index in [1.165, 1.54) is 4.88 Å². The minimum absolute atomic E-state index is 0.277. The molecule has 0 unspecified atom stereocenters. The van der Waals surface area contributed by atoms with E-state index in [0.29, 0.717) is 13.1 Å². The third-order valence-corrected chi connectivity index (χ3v) is 3.45. The van der Waals surface area contributed by atoms with Gasteiger partial charge in [-0.1, -0.05) is 0 Å². The number of carbonyl (C=O) groups is 1. The number of hydrogen-bond donors (Lipinski definition) is 2. The molecule has 98 valence electrons. The monoisotopic (exact) mass is 268 g/mol. The number of aromatic nitrogens is 2. The molecule has 3 N–H and O–H groups in total. The molecule has 0 spiro atoms. The number of nitrogens with zero attached hydrogens (tertiary/aromatic N) is 2. The Morgan fingerprint density at radius 3 is 3.11 bits per heavy atom.